The summed E-state index contributed by atoms with van der Waals surface area (Å²) in [6, 6.07) is 15.1. The molecular weight excluding hydrogens is 377 g/mol. The van der Waals surface area contributed by atoms with E-state index in [0.717, 1.165) is 43.5 Å². The highest BCUT2D eigenvalue weighted by molar-refractivity contribution is 5.74. The lowest BCUT2D eigenvalue weighted by atomic mass is 10.0. The van der Waals surface area contributed by atoms with Crippen LogP contribution in [-0.4, -0.2) is 30.1 Å². The predicted molar refractivity (Wildman–Crippen MR) is 120 cm³/mol. The van der Waals surface area contributed by atoms with E-state index in [9.17, 15) is 9.18 Å². The number of hydrogen-bond donors (Lipinski definition) is 2. The second-order valence-corrected chi connectivity index (χ2v) is 8.64. The Bertz CT molecular complexity index is 783. The Kier molecular flexibility index (Phi) is 8.26. The van der Waals surface area contributed by atoms with Crippen LogP contribution in [0, 0.1) is 11.7 Å². The smallest absolute Gasteiger partial charge is 0.318 e. The van der Waals surface area contributed by atoms with Crippen LogP contribution in [0.15, 0.2) is 48.5 Å². The molecule has 30 heavy (non-hydrogen) atoms. The average molecular weight is 412 g/mol. The Morgan fingerprint density at radius 2 is 1.63 bits per heavy atom. The van der Waals surface area contributed by atoms with Crippen LogP contribution in [0.3, 0.4) is 0 Å². The third-order valence-corrected chi connectivity index (χ3v) is 5.75. The summed E-state index contributed by atoms with van der Waals surface area (Å²) in [4.78, 5) is 15.0. The quantitative estimate of drug-likeness (QED) is 0.650. The highest BCUT2D eigenvalue weighted by Crippen LogP contribution is 2.17. The van der Waals surface area contributed by atoms with Gasteiger partial charge in [0.05, 0.1) is 0 Å². The Labute approximate surface area is 179 Å². The molecule has 162 valence electrons. The number of halogens is 1. The molecule has 1 fully saturated rings. The van der Waals surface area contributed by atoms with Crippen molar-refractivity contribution in [3.63, 3.8) is 0 Å². The van der Waals surface area contributed by atoms with Gasteiger partial charge in [-0.2, -0.15) is 0 Å². The molecule has 2 aromatic carbocycles. The lowest BCUT2D eigenvalue weighted by molar-refractivity contribution is 0.154. The van der Waals surface area contributed by atoms with Crippen LogP contribution in [0.1, 0.15) is 49.8 Å². The van der Waals surface area contributed by atoms with Crippen LogP contribution in [0.5, 0.6) is 0 Å². The summed E-state index contributed by atoms with van der Waals surface area (Å²) in [6.07, 6.45) is 4.13. The molecule has 3 rings (SSSR count). The molecule has 1 aliphatic heterocycles. The van der Waals surface area contributed by atoms with E-state index in [1.54, 1.807) is 12.1 Å². The number of carbonyl (C=O) groups is 1. The number of nitrogens with one attached hydrogen (secondary N) is 2. The summed E-state index contributed by atoms with van der Waals surface area (Å²) in [6.45, 7) is 7.30. The van der Waals surface area contributed by atoms with Crippen LogP contribution >= 0.6 is 0 Å². The molecule has 2 aromatic rings. The van der Waals surface area contributed by atoms with Crippen molar-refractivity contribution < 1.29 is 9.18 Å². The molecule has 1 heterocycles. The van der Waals surface area contributed by atoms with E-state index in [4.69, 9.17) is 0 Å². The van der Waals surface area contributed by atoms with Gasteiger partial charge in [0.15, 0.2) is 0 Å². The number of benzene rings is 2. The van der Waals surface area contributed by atoms with Crippen molar-refractivity contribution >= 4 is 6.03 Å². The van der Waals surface area contributed by atoms with Gasteiger partial charge in [0, 0.05) is 19.1 Å². The number of hydrogen-bond acceptors (Lipinski definition) is 2. The molecule has 0 bridgehead atoms. The van der Waals surface area contributed by atoms with E-state index in [1.807, 2.05) is 4.90 Å². The van der Waals surface area contributed by atoms with Gasteiger partial charge < -0.3 is 15.5 Å². The van der Waals surface area contributed by atoms with Gasteiger partial charge in [-0.1, -0.05) is 50.2 Å². The molecule has 0 aliphatic carbocycles. The predicted octanol–water partition coefficient (Wildman–Crippen LogP) is 4.88. The summed E-state index contributed by atoms with van der Waals surface area (Å²) >= 11 is 0. The van der Waals surface area contributed by atoms with E-state index >= 15 is 0 Å². The van der Waals surface area contributed by atoms with Crippen molar-refractivity contribution in [2.24, 2.45) is 5.92 Å². The molecule has 0 radical (unpaired) electrons. The molecule has 0 atom stereocenters. The molecule has 1 aliphatic rings. The first kappa shape index (κ1) is 22.3. The summed E-state index contributed by atoms with van der Waals surface area (Å²) in [5.74, 6) is 0.444. The Morgan fingerprint density at radius 3 is 2.27 bits per heavy atom. The zero-order valence-corrected chi connectivity index (χ0v) is 18.2. The molecule has 2 N–H and O–H groups in total. The maximum Gasteiger partial charge on any atom is 0.318 e. The fraction of sp³-hybridized carbons (Fsp3) is 0.480. The molecule has 1 saturated heterocycles. The van der Waals surface area contributed by atoms with E-state index in [-0.39, 0.29) is 17.9 Å². The fourth-order valence-corrected chi connectivity index (χ4v) is 3.83. The van der Waals surface area contributed by atoms with Crippen molar-refractivity contribution in [1.82, 2.24) is 15.5 Å². The first-order valence-electron chi connectivity index (χ1n) is 11.1. The molecule has 2 amide bonds. The summed E-state index contributed by atoms with van der Waals surface area (Å²) in [7, 11) is 0. The zero-order valence-electron chi connectivity index (χ0n) is 18.2. The second-order valence-electron chi connectivity index (χ2n) is 8.64. The normalized spacial score (nSPS) is 14.7. The second kappa shape index (κ2) is 11.1. The van der Waals surface area contributed by atoms with Gasteiger partial charge >= 0.3 is 6.03 Å². The third-order valence-electron chi connectivity index (χ3n) is 5.75. The summed E-state index contributed by atoms with van der Waals surface area (Å²) in [5, 5.41) is 6.44. The van der Waals surface area contributed by atoms with Crippen molar-refractivity contribution in [2.75, 3.05) is 13.1 Å². The largest absolute Gasteiger partial charge is 0.334 e. The maximum atomic E-state index is 13.3. The minimum atomic E-state index is -0.256. The van der Waals surface area contributed by atoms with E-state index in [0.29, 0.717) is 19.0 Å². The minimum absolute atomic E-state index is 0.0601. The van der Waals surface area contributed by atoms with Gasteiger partial charge in [0.1, 0.15) is 5.82 Å². The van der Waals surface area contributed by atoms with Gasteiger partial charge in [-0.3, -0.25) is 0 Å². The number of amides is 2. The van der Waals surface area contributed by atoms with Crippen LogP contribution in [0.25, 0.3) is 0 Å². The highest BCUT2D eigenvalue weighted by atomic mass is 19.1. The van der Waals surface area contributed by atoms with Crippen LogP contribution in [0.4, 0.5) is 9.18 Å². The average Bonchev–Trinajstić information content (AvgIpc) is 2.77. The molecule has 0 saturated carbocycles. The van der Waals surface area contributed by atoms with Crippen molar-refractivity contribution in [3.05, 3.63) is 71.0 Å². The number of piperidine rings is 1. The first-order chi connectivity index (χ1) is 14.5. The lowest BCUT2D eigenvalue weighted by Gasteiger charge is -2.35. The van der Waals surface area contributed by atoms with Gasteiger partial charge in [-0.15, -0.1) is 0 Å². The molecular formula is C25H34FN3O. The van der Waals surface area contributed by atoms with Crippen molar-refractivity contribution in [1.29, 1.82) is 0 Å². The Morgan fingerprint density at radius 1 is 1.03 bits per heavy atom. The van der Waals surface area contributed by atoms with Gasteiger partial charge in [0.25, 0.3) is 0 Å². The van der Waals surface area contributed by atoms with Crippen LogP contribution in [0.2, 0.25) is 0 Å². The maximum absolute atomic E-state index is 13.3. The summed E-state index contributed by atoms with van der Waals surface area (Å²) in [5.41, 5.74) is 3.38. The topological polar surface area (TPSA) is 44.4 Å². The number of carbonyl (C=O) groups excluding carboxylic acids is 1. The molecule has 0 aromatic heterocycles. The Balaban J connectivity index is 1.60. The van der Waals surface area contributed by atoms with E-state index in [2.05, 4.69) is 48.7 Å². The monoisotopic (exact) mass is 411 g/mol. The van der Waals surface area contributed by atoms with Gasteiger partial charge in [0.2, 0.25) is 0 Å². The van der Waals surface area contributed by atoms with Gasteiger partial charge in [-0.05, 0) is 73.5 Å². The zero-order chi connectivity index (χ0) is 21.3. The first-order valence-corrected chi connectivity index (χ1v) is 11.1. The van der Waals surface area contributed by atoms with Crippen molar-refractivity contribution in [2.45, 2.75) is 58.7 Å². The number of rotatable bonds is 8. The number of nitrogens with zero attached hydrogens (tertiary/aromatic N) is 1. The Hall–Kier alpha value is -2.40. The number of aryl methyl sites for hydroxylation is 1. The van der Waals surface area contributed by atoms with Crippen LogP contribution < -0.4 is 10.6 Å². The van der Waals surface area contributed by atoms with E-state index in [1.165, 1.54) is 24.1 Å². The molecule has 0 spiro atoms. The highest BCUT2D eigenvalue weighted by Gasteiger charge is 2.25. The van der Waals surface area contributed by atoms with Crippen molar-refractivity contribution in [3.8, 4) is 0 Å². The minimum Gasteiger partial charge on any atom is -0.334 e. The standard InChI is InChI=1S/C25H34FN3O/c1-19(2)3-4-20-5-7-21(8-6-20)17-28-25(30)29(24-13-15-27-16-14-24)18-22-9-11-23(26)12-10-22/h5-12,19,24,27H,3-4,13-18H2,1-2H3,(H,28,30). The van der Waals surface area contributed by atoms with E-state index < -0.39 is 0 Å². The molecule has 4 nitrogen and oxygen atoms in total. The third kappa shape index (κ3) is 6.84. The lowest BCUT2D eigenvalue weighted by Crippen LogP contribution is -2.49. The molecule has 0 unspecified atom stereocenters. The van der Waals surface area contributed by atoms with Gasteiger partial charge in [-0.25, -0.2) is 9.18 Å². The summed E-state index contributed by atoms with van der Waals surface area (Å²) < 4.78 is 13.3. The number of urea groups is 1. The fourth-order valence-electron chi connectivity index (χ4n) is 3.83. The molecule has 5 heteroatoms. The SMILES string of the molecule is CC(C)CCc1ccc(CNC(=O)N(Cc2ccc(F)cc2)C2CCNCC2)cc1. The van der Waals surface area contributed by atoms with Crippen LogP contribution in [-0.2, 0) is 19.5 Å².